The van der Waals surface area contributed by atoms with Gasteiger partial charge in [-0.15, -0.1) is 11.3 Å². The van der Waals surface area contributed by atoms with Crippen molar-refractivity contribution in [3.8, 4) is 22.4 Å². The molecule has 1 atom stereocenters. The van der Waals surface area contributed by atoms with Crippen LogP contribution in [0.1, 0.15) is 24.4 Å². The lowest BCUT2D eigenvalue weighted by Gasteiger charge is -2.17. The summed E-state index contributed by atoms with van der Waals surface area (Å²) in [6.07, 6.45) is 2.24. The van der Waals surface area contributed by atoms with Gasteiger partial charge in [0.2, 0.25) is 0 Å². The Morgan fingerprint density at radius 2 is 1.75 bits per heavy atom. The first-order chi connectivity index (χ1) is 15.5. The Balaban J connectivity index is 1.41. The summed E-state index contributed by atoms with van der Waals surface area (Å²) >= 11 is 1.61. The SMILES string of the molecule is Cc1nc(NC(C)c2cccc(-c3cnc(F)nc3)c2)cc(-c2ccc3ncsc3c2)n1. The third-order valence-electron chi connectivity index (χ3n) is 5.17. The molecule has 5 aromatic rings. The molecule has 8 heteroatoms. The molecule has 32 heavy (non-hydrogen) atoms. The van der Waals surface area contributed by atoms with Crippen molar-refractivity contribution in [3.05, 3.63) is 83.9 Å². The Bertz CT molecular complexity index is 1400. The van der Waals surface area contributed by atoms with Crippen LogP contribution < -0.4 is 5.32 Å². The molecule has 0 radical (unpaired) electrons. The molecule has 0 aliphatic carbocycles. The number of nitrogens with zero attached hydrogens (tertiary/aromatic N) is 5. The number of benzene rings is 2. The smallest absolute Gasteiger partial charge is 0.308 e. The highest BCUT2D eigenvalue weighted by molar-refractivity contribution is 7.16. The van der Waals surface area contributed by atoms with E-state index in [0.717, 1.165) is 44.0 Å². The second kappa shape index (κ2) is 8.39. The van der Waals surface area contributed by atoms with Crippen LogP contribution in [0.5, 0.6) is 0 Å². The fourth-order valence-corrected chi connectivity index (χ4v) is 4.27. The molecule has 158 valence electrons. The lowest BCUT2D eigenvalue weighted by molar-refractivity contribution is 0.539. The van der Waals surface area contributed by atoms with Crippen molar-refractivity contribution in [1.29, 1.82) is 0 Å². The molecule has 0 aliphatic rings. The molecule has 1 unspecified atom stereocenters. The summed E-state index contributed by atoms with van der Waals surface area (Å²) < 4.78 is 14.2. The summed E-state index contributed by atoms with van der Waals surface area (Å²) in [6.45, 7) is 3.96. The summed E-state index contributed by atoms with van der Waals surface area (Å²) in [6, 6.07) is 16.1. The largest absolute Gasteiger partial charge is 0.363 e. The van der Waals surface area contributed by atoms with Crippen LogP contribution in [0.15, 0.2) is 66.4 Å². The molecule has 0 aliphatic heterocycles. The molecule has 3 aromatic heterocycles. The highest BCUT2D eigenvalue weighted by Crippen LogP contribution is 2.28. The molecule has 2 aromatic carbocycles. The van der Waals surface area contributed by atoms with Crippen LogP contribution in [0, 0.1) is 13.0 Å². The fourth-order valence-electron chi connectivity index (χ4n) is 3.56. The van der Waals surface area contributed by atoms with Gasteiger partial charge in [0.15, 0.2) is 0 Å². The predicted octanol–water partition coefficient (Wildman–Crippen LogP) is 5.83. The maximum atomic E-state index is 13.1. The molecule has 0 fully saturated rings. The van der Waals surface area contributed by atoms with Gasteiger partial charge in [0.1, 0.15) is 11.6 Å². The standard InChI is InChI=1S/C24H19FN6S/c1-14(16-4-3-5-17(8-16)19-11-26-24(25)27-12-19)29-23-10-21(30-15(2)31-23)18-6-7-20-22(9-18)32-13-28-20/h3-14H,1-2H3,(H,29,30,31). The number of anilines is 1. The topological polar surface area (TPSA) is 76.5 Å². The summed E-state index contributed by atoms with van der Waals surface area (Å²) in [4.78, 5) is 20.8. The number of aryl methyl sites for hydroxylation is 1. The van der Waals surface area contributed by atoms with Gasteiger partial charge in [0.25, 0.3) is 0 Å². The second-order valence-corrected chi connectivity index (χ2v) is 8.34. The molecular formula is C24H19FN6S. The van der Waals surface area contributed by atoms with E-state index in [2.05, 4.69) is 43.2 Å². The third kappa shape index (κ3) is 4.17. The number of thiazole rings is 1. The maximum Gasteiger partial charge on any atom is 0.308 e. The van der Waals surface area contributed by atoms with Crippen molar-refractivity contribution in [3.63, 3.8) is 0 Å². The third-order valence-corrected chi connectivity index (χ3v) is 5.96. The zero-order chi connectivity index (χ0) is 22.1. The van der Waals surface area contributed by atoms with Gasteiger partial charge in [-0.2, -0.15) is 4.39 Å². The van der Waals surface area contributed by atoms with Crippen LogP contribution in [0.4, 0.5) is 10.2 Å². The van der Waals surface area contributed by atoms with E-state index in [1.54, 1.807) is 11.3 Å². The number of hydrogen-bond donors (Lipinski definition) is 1. The number of hydrogen-bond acceptors (Lipinski definition) is 7. The zero-order valence-corrected chi connectivity index (χ0v) is 18.3. The van der Waals surface area contributed by atoms with E-state index in [1.165, 1.54) is 12.4 Å². The Morgan fingerprint density at radius 1 is 0.906 bits per heavy atom. The van der Waals surface area contributed by atoms with Gasteiger partial charge in [-0.25, -0.2) is 24.9 Å². The van der Waals surface area contributed by atoms with Gasteiger partial charge < -0.3 is 5.32 Å². The monoisotopic (exact) mass is 442 g/mol. The molecule has 0 amide bonds. The predicted molar refractivity (Wildman–Crippen MR) is 125 cm³/mol. The molecule has 0 bridgehead atoms. The second-order valence-electron chi connectivity index (χ2n) is 7.45. The number of rotatable bonds is 5. The van der Waals surface area contributed by atoms with Gasteiger partial charge in [-0.3, -0.25) is 0 Å². The van der Waals surface area contributed by atoms with Crippen LogP contribution in [-0.2, 0) is 0 Å². The molecule has 0 saturated carbocycles. The van der Waals surface area contributed by atoms with E-state index in [4.69, 9.17) is 0 Å². The van der Waals surface area contributed by atoms with Crippen LogP contribution in [0.2, 0.25) is 0 Å². The van der Waals surface area contributed by atoms with Gasteiger partial charge in [-0.05, 0) is 43.2 Å². The molecule has 1 N–H and O–H groups in total. The van der Waals surface area contributed by atoms with Gasteiger partial charge in [0, 0.05) is 35.6 Å². The first-order valence-electron chi connectivity index (χ1n) is 10.1. The van der Waals surface area contributed by atoms with Crippen molar-refractivity contribution in [2.24, 2.45) is 0 Å². The molecule has 0 saturated heterocycles. The van der Waals surface area contributed by atoms with Gasteiger partial charge in [0.05, 0.1) is 21.4 Å². The minimum atomic E-state index is -0.732. The van der Waals surface area contributed by atoms with E-state index < -0.39 is 6.08 Å². The van der Waals surface area contributed by atoms with Crippen LogP contribution in [-0.4, -0.2) is 24.9 Å². The normalized spacial score (nSPS) is 12.1. The van der Waals surface area contributed by atoms with Crippen molar-refractivity contribution in [1.82, 2.24) is 24.9 Å². The first-order valence-corrected chi connectivity index (χ1v) is 11.0. The summed E-state index contributed by atoms with van der Waals surface area (Å²) in [5.74, 6) is 1.44. The van der Waals surface area contributed by atoms with Crippen molar-refractivity contribution < 1.29 is 4.39 Å². The minimum absolute atomic E-state index is 0.0116. The van der Waals surface area contributed by atoms with Gasteiger partial charge in [-0.1, -0.05) is 24.3 Å². The number of nitrogens with one attached hydrogen (secondary N) is 1. The molecule has 6 nitrogen and oxygen atoms in total. The van der Waals surface area contributed by atoms with Gasteiger partial charge >= 0.3 is 6.08 Å². The van der Waals surface area contributed by atoms with Crippen molar-refractivity contribution >= 4 is 27.4 Å². The lowest BCUT2D eigenvalue weighted by Crippen LogP contribution is -2.09. The van der Waals surface area contributed by atoms with Crippen molar-refractivity contribution in [2.75, 3.05) is 5.32 Å². The Hall–Kier alpha value is -3.78. The number of aromatic nitrogens is 5. The summed E-state index contributed by atoms with van der Waals surface area (Å²) in [7, 11) is 0. The first kappa shape index (κ1) is 20.1. The summed E-state index contributed by atoms with van der Waals surface area (Å²) in [5, 5.41) is 3.48. The molecule has 5 rings (SSSR count). The average Bonchev–Trinajstić information content (AvgIpc) is 3.27. The van der Waals surface area contributed by atoms with E-state index in [0.29, 0.717) is 5.82 Å². The molecular weight excluding hydrogens is 423 g/mol. The quantitative estimate of drug-likeness (QED) is 0.345. The molecule has 0 spiro atoms. The van der Waals surface area contributed by atoms with E-state index in [-0.39, 0.29) is 6.04 Å². The van der Waals surface area contributed by atoms with E-state index >= 15 is 0 Å². The lowest BCUT2D eigenvalue weighted by atomic mass is 10.0. The average molecular weight is 443 g/mol. The highest BCUT2D eigenvalue weighted by atomic mass is 32.1. The van der Waals surface area contributed by atoms with Crippen molar-refractivity contribution in [2.45, 2.75) is 19.9 Å². The number of halogens is 1. The van der Waals surface area contributed by atoms with E-state index in [9.17, 15) is 4.39 Å². The maximum absolute atomic E-state index is 13.1. The molecule has 3 heterocycles. The van der Waals surface area contributed by atoms with Crippen LogP contribution in [0.3, 0.4) is 0 Å². The summed E-state index contributed by atoms with van der Waals surface area (Å²) in [5.41, 5.74) is 7.48. The zero-order valence-electron chi connectivity index (χ0n) is 17.5. The Kier molecular flexibility index (Phi) is 5.28. The minimum Gasteiger partial charge on any atom is -0.363 e. The van der Waals surface area contributed by atoms with E-state index in [1.807, 2.05) is 54.9 Å². The highest BCUT2D eigenvalue weighted by Gasteiger charge is 2.11. The fraction of sp³-hybridized carbons (Fsp3) is 0.125. The number of fused-ring (bicyclic) bond motifs is 1. The Labute approximate surface area is 188 Å². The Morgan fingerprint density at radius 3 is 2.59 bits per heavy atom. The van der Waals surface area contributed by atoms with Crippen LogP contribution >= 0.6 is 11.3 Å². The van der Waals surface area contributed by atoms with Crippen LogP contribution in [0.25, 0.3) is 32.6 Å².